The number of rotatable bonds is 5. The fourth-order valence-electron chi connectivity index (χ4n) is 4.20. The number of carbonyl (C=O) groups excluding carboxylic acids is 1. The molecule has 1 aromatic heterocycles. The molecule has 6 heteroatoms. The van der Waals surface area contributed by atoms with Crippen LogP contribution in [0.3, 0.4) is 0 Å². The molecule has 1 atom stereocenters. The average Bonchev–Trinajstić information content (AvgIpc) is 3.22. The molecular formula is C26H23N3O3. The molecule has 0 saturated carbocycles. The van der Waals surface area contributed by atoms with Gasteiger partial charge >= 0.3 is 5.97 Å². The van der Waals surface area contributed by atoms with Gasteiger partial charge in [0.2, 0.25) is 5.95 Å². The summed E-state index contributed by atoms with van der Waals surface area (Å²) in [4.78, 5) is 18.2. The van der Waals surface area contributed by atoms with E-state index in [1.807, 2.05) is 85.8 Å². The number of anilines is 1. The molecule has 0 aliphatic carbocycles. The Balaban J connectivity index is 1.81. The summed E-state index contributed by atoms with van der Waals surface area (Å²) in [5, 5.41) is 3.42. The summed E-state index contributed by atoms with van der Waals surface area (Å²) < 4.78 is 13.0. The number of hydrogen-bond donors (Lipinski definition) is 1. The lowest BCUT2D eigenvalue weighted by molar-refractivity contribution is -0.138. The van der Waals surface area contributed by atoms with Gasteiger partial charge in [0, 0.05) is 0 Å². The Morgan fingerprint density at radius 2 is 1.72 bits per heavy atom. The van der Waals surface area contributed by atoms with E-state index in [-0.39, 0.29) is 12.6 Å². The number of esters is 1. The minimum Gasteiger partial charge on any atom is -0.497 e. The standard InChI is InChI=1S/C26H23N3O3/c1-3-32-25(30)22-23(17-9-5-4-6-10-17)28-26-27-20-11-7-8-12-21(20)29(26)24(22)18-13-15-19(31-2)16-14-18/h4-16,24H,3H2,1-2H3,(H,27,28)/t24-/m1/s1. The summed E-state index contributed by atoms with van der Waals surface area (Å²) >= 11 is 0. The molecule has 0 unspecified atom stereocenters. The van der Waals surface area contributed by atoms with Gasteiger partial charge in [-0.15, -0.1) is 0 Å². The van der Waals surface area contributed by atoms with Gasteiger partial charge in [-0.1, -0.05) is 54.6 Å². The van der Waals surface area contributed by atoms with Crippen LogP contribution in [0, 0.1) is 0 Å². The number of para-hydroxylation sites is 2. The topological polar surface area (TPSA) is 65.4 Å². The van der Waals surface area contributed by atoms with Gasteiger partial charge in [-0.25, -0.2) is 9.78 Å². The van der Waals surface area contributed by atoms with Crippen LogP contribution in [-0.4, -0.2) is 29.2 Å². The van der Waals surface area contributed by atoms with Gasteiger partial charge in [-0.2, -0.15) is 0 Å². The molecule has 1 aliphatic heterocycles. The minimum absolute atomic E-state index is 0.289. The molecule has 0 spiro atoms. The van der Waals surface area contributed by atoms with Crippen molar-refractivity contribution in [2.45, 2.75) is 13.0 Å². The SMILES string of the molecule is CCOC(=O)C1=C(c2ccccc2)Nc2nc3ccccc3n2[C@@H]1c1ccc(OC)cc1. The summed E-state index contributed by atoms with van der Waals surface area (Å²) in [5.74, 6) is 1.07. The maximum Gasteiger partial charge on any atom is 0.338 e. The van der Waals surface area contributed by atoms with Crippen molar-refractivity contribution in [2.24, 2.45) is 0 Å². The molecule has 4 aromatic rings. The normalized spacial score (nSPS) is 15.2. The highest BCUT2D eigenvalue weighted by molar-refractivity contribution is 6.03. The van der Waals surface area contributed by atoms with Gasteiger partial charge in [-0.05, 0) is 42.3 Å². The zero-order chi connectivity index (χ0) is 22.1. The smallest absolute Gasteiger partial charge is 0.338 e. The number of methoxy groups -OCH3 is 1. The number of ether oxygens (including phenoxy) is 2. The van der Waals surface area contributed by atoms with Gasteiger partial charge in [0.15, 0.2) is 0 Å². The first-order valence-electron chi connectivity index (χ1n) is 10.6. The Morgan fingerprint density at radius 1 is 1.00 bits per heavy atom. The van der Waals surface area contributed by atoms with Crippen LogP contribution in [0.25, 0.3) is 16.7 Å². The number of fused-ring (bicyclic) bond motifs is 3. The first-order chi connectivity index (χ1) is 15.7. The fraction of sp³-hybridized carbons (Fsp3) is 0.154. The monoisotopic (exact) mass is 425 g/mol. The van der Waals surface area contributed by atoms with Crippen LogP contribution < -0.4 is 10.1 Å². The van der Waals surface area contributed by atoms with E-state index in [2.05, 4.69) is 9.88 Å². The molecule has 160 valence electrons. The van der Waals surface area contributed by atoms with E-state index in [4.69, 9.17) is 14.5 Å². The molecule has 32 heavy (non-hydrogen) atoms. The summed E-state index contributed by atoms with van der Waals surface area (Å²) in [6.45, 7) is 2.11. The van der Waals surface area contributed by atoms with Crippen molar-refractivity contribution in [3.8, 4) is 5.75 Å². The summed E-state index contributed by atoms with van der Waals surface area (Å²) in [6.07, 6.45) is 0. The van der Waals surface area contributed by atoms with Crippen LogP contribution in [0.15, 0.2) is 84.4 Å². The lowest BCUT2D eigenvalue weighted by Gasteiger charge is -2.31. The Morgan fingerprint density at radius 3 is 2.44 bits per heavy atom. The number of aromatic nitrogens is 2. The van der Waals surface area contributed by atoms with E-state index in [0.29, 0.717) is 17.2 Å². The minimum atomic E-state index is -0.418. The van der Waals surface area contributed by atoms with Crippen molar-refractivity contribution in [1.29, 1.82) is 0 Å². The van der Waals surface area contributed by atoms with E-state index in [1.54, 1.807) is 7.11 Å². The third-order valence-electron chi connectivity index (χ3n) is 5.62. The zero-order valence-corrected chi connectivity index (χ0v) is 17.9. The number of nitrogens with one attached hydrogen (secondary N) is 1. The molecule has 3 aromatic carbocycles. The van der Waals surface area contributed by atoms with E-state index >= 15 is 0 Å². The lowest BCUT2D eigenvalue weighted by Crippen LogP contribution is -2.29. The largest absolute Gasteiger partial charge is 0.497 e. The highest BCUT2D eigenvalue weighted by atomic mass is 16.5. The molecule has 0 radical (unpaired) electrons. The van der Waals surface area contributed by atoms with Gasteiger partial charge in [0.25, 0.3) is 0 Å². The van der Waals surface area contributed by atoms with E-state index < -0.39 is 6.04 Å². The molecule has 2 heterocycles. The summed E-state index contributed by atoms with van der Waals surface area (Å²) in [6, 6.07) is 25.1. The lowest BCUT2D eigenvalue weighted by atomic mass is 9.92. The molecule has 1 N–H and O–H groups in total. The highest BCUT2D eigenvalue weighted by Crippen LogP contribution is 2.42. The van der Waals surface area contributed by atoms with Gasteiger partial charge in [0.1, 0.15) is 5.75 Å². The second kappa shape index (κ2) is 8.23. The van der Waals surface area contributed by atoms with E-state index in [0.717, 1.165) is 27.9 Å². The second-order valence-electron chi connectivity index (χ2n) is 7.47. The second-order valence-corrected chi connectivity index (χ2v) is 7.47. The predicted molar refractivity (Wildman–Crippen MR) is 124 cm³/mol. The maximum atomic E-state index is 13.4. The van der Waals surface area contributed by atoms with Crippen molar-refractivity contribution in [1.82, 2.24) is 9.55 Å². The highest BCUT2D eigenvalue weighted by Gasteiger charge is 2.36. The predicted octanol–water partition coefficient (Wildman–Crippen LogP) is 5.03. The Labute approximate surface area is 186 Å². The van der Waals surface area contributed by atoms with Crippen molar-refractivity contribution in [3.05, 3.63) is 95.6 Å². The molecule has 5 rings (SSSR count). The number of imidazole rings is 1. The van der Waals surface area contributed by atoms with Crippen LogP contribution in [-0.2, 0) is 9.53 Å². The van der Waals surface area contributed by atoms with Crippen LogP contribution >= 0.6 is 0 Å². The average molecular weight is 425 g/mol. The summed E-state index contributed by atoms with van der Waals surface area (Å²) in [7, 11) is 1.64. The Kier molecular flexibility index (Phi) is 5.11. The number of hydrogen-bond acceptors (Lipinski definition) is 5. The van der Waals surface area contributed by atoms with Crippen LogP contribution in [0.1, 0.15) is 24.1 Å². The Hall–Kier alpha value is -4.06. The van der Waals surface area contributed by atoms with Crippen molar-refractivity contribution < 1.29 is 14.3 Å². The maximum absolute atomic E-state index is 13.4. The van der Waals surface area contributed by atoms with Crippen LogP contribution in [0.2, 0.25) is 0 Å². The van der Waals surface area contributed by atoms with Crippen LogP contribution in [0.5, 0.6) is 5.75 Å². The van der Waals surface area contributed by atoms with Gasteiger partial charge in [-0.3, -0.25) is 4.57 Å². The molecule has 1 aliphatic rings. The Bertz CT molecular complexity index is 1310. The van der Waals surface area contributed by atoms with Crippen molar-refractivity contribution >= 4 is 28.6 Å². The van der Waals surface area contributed by atoms with Crippen LogP contribution in [0.4, 0.5) is 5.95 Å². The van der Waals surface area contributed by atoms with Crippen molar-refractivity contribution in [2.75, 3.05) is 19.0 Å². The third-order valence-corrected chi connectivity index (χ3v) is 5.62. The molecule has 0 fully saturated rings. The summed E-state index contributed by atoms with van der Waals surface area (Å²) in [5.41, 5.74) is 4.86. The van der Waals surface area contributed by atoms with E-state index in [9.17, 15) is 4.79 Å². The first kappa shape index (κ1) is 19.9. The van der Waals surface area contributed by atoms with Gasteiger partial charge < -0.3 is 14.8 Å². The number of benzene rings is 3. The molecule has 6 nitrogen and oxygen atoms in total. The number of carbonyl (C=O) groups is 1. The van der Waals surface area contributed by atoms with Gasteiger partial charge in [0.05, 0.1) is 42.1 Å². The van der Waals surface area contributed by atoms with Crippen molar-refractivity contribution in [3.63, 3.8) is 0 Å². The molecule has 0 saturated heterocycles. The molecular weight excluding hydrogens is 402 g/mol. The fourth-order valence-corrected chi connectivity index (χ4v) is 4.20. The molecule has 0 bridgehead atoms. The zero-order valence-electron chi connectivity index (χ0n) is 17.9. The quantitative estimate of drug-likeness (QED) is 0.454. The third kappa shape index (κ3) is 3.30. The number of nitrogens with zero attached hydrogens (tertiary/aromatic N) is 2. The van der Waals surface area contributed by atoms with E-state index in [1.165, 1.54) is 0 Å². The molecule has 0 amide bonds. The first-order valence-corrected chi connectivity index (χ1v) is 10.6.